The van der Waals surface area contributed by atoms with Crippen LogP contribution in [0.4, 0.5) is 0 Å². The first-order valence-corrected chi connectivity index (χ1v) is 9.00. The Bertz CT molecular complexity index is 334. The van der Waals surface area contributed by atoms with Gasteiger partial charge in [0, 0.05) is 52.1 Å². The van der Waals surface area contributed by atoms with E-state index in [1.54, 1.807) is 0 Å². The van der Waals surface area contributed by atoms with Gasteiger partial charge in [0.2, 0.25) is 11.8 Å². The minimum atomic E-state index is -0.253. The van der Waals surface area contributed by atoms with Crippen LogP contribution in [0, 0.1) is 0 Å². The van der Waals surface area contributed by atoms with E-state index >= 15 is 0 Å². The van der Waals surface area contributed by atoms with Crippen molar-refractivity contribution in [3.05, 3.63) is 0 Å². The quantitative estimate of drug-likeness (QED) is 0.458. The van der Waals surface area contributed by atoms with Gasteiger partial charge >= 0.3 is 0 Å². The molecule has 1 aliphatic rings. The number of hydrogen-bond acceptors (Lipinski definition) is 6. The summed E-state index contributed by atoms with van der Waals surface area (Å²) in [5.74, 6) is -0.506. The van der Waals surface area contributed by atoms with Gasteiger partial charge in [-0.1, -0.05) is 0 Å². The summed E-state index contributed by atoms with van der Waals surface area (Å²) in [6.07, 6.45) is 2.88. The van der Waals surface area contributed by atoms with E-state index in [1.165, 1.54) is 0 Å². The van der Waals surface area contributed by atoms with E-state index in [-0.39, 0.29) is 11.8 Å². The van der Waals surface area contributed by atoms with Gasteiger partial charge in [0.25, 0.3) is 0 Å². The van der Waals surface area contributed by atoms with Crippen LogP contribution in [0.15, 0.2) is 0 Å². The Labute approximate surface area is 145 Å². The Balaban J connectivity index is 2.47. The Hall–Kier alpha value is -1.22. The number of carbonyl (C=O) groups excluding carboxylic acids is 2. The summed E-state index contributed by atoms with van der Waals surface area (Å²) in [5, 5.41) is 6.88. The second-order valence-corrected chi connectivity index (χ2v) is 6.32. The van der Waals surface area contributed by atoms with Gasteiger partial charge in [-0.25, -0.2) is 0 Å². The van der Waals surface area contributed by atoms with Gasteiger partial charge in [0.05, 0.1) is 0 Å². The molecule has 1 aliphatic heterocycles. The highest BCUT2D eigenvalue weighted by Gasteiger charge is 2.10. The fourth-order valence-electron chi connectivity index (χ4n) is 2.79. The molecule has 1 rings (SSSR count). The molecule has 6 N–H and O–H groups in total. The highest BCUT2D eigenvalue weighted by atomic mass is 16.1. The lowest BCUT2D eigenvalue weighted by molar-refractivity contribution is -0.119. The average Bonchev–Trinajstić information content (AvgIpc) is 2.53. The average molecular weight is 342 g/mol. The number of nitrogens with one attached hydrogen (secondary N) is 2. The van der Waals surface area contributed by atoms with E-state index in [0.29, 0.717) is 25.9 Å². The zero-order valence-electron chi connectivity index (χ0n) is 14.8. The normalized spacial score (nSPS) is 20.3. The van der Waals surface area contributed by atoms with Gasteiger partial charge in [-0.05, 0) is 39.0 Å². The molecule has 0 aliphatic carbocycles. The summed E-state index contributed by atoms with van der Waals surface area (Å²) < 4.78 is 0. The monoisotopic (exact) mass is 342 g/mol. The molecular weight excluding hydrogens is 308 g/mol. The molecule has 24 heavy (non-hydrogen) atoms. The molecule has 2 amide bonds. The molecule has 1 heterocycles. The molecule has 0 saturated carbocycles. The highest BCUT2D eigenvalue weighted by molar-refractivity contribution is 5.74. The Morgan fingerprint density at radius 1 is 0.708 bits per heavy atom. The van der Waals surface area contributed by atoms with Gasteiger partial charge < -0.3 is 31.9 Å². The maximum absolute atomic E-state index is 11.0. The molecule has 0 unspecified atom stereocenters. The third-order valence-corrected chi connectivity index (χ3v) is 4.21. The molecule has 0 aromatic rings. The van der Waals surface area contributed by atoms with Crippen LogP contribution in [0.1, 0.15) is 25.7 Å². The van der Waals surface area contributed by atoms with Crippen molar-refractivity contribution >= 4 is 11.8 Å². The van der Waals surface area contributed by atoms with Crippen LogP contribution in [-0.4, -0.2) is 87.1 Å². The molecule has 8 heteroatoms. The summed E-state index contributed by atoms with van der Waals surface area (Å²) >= 11 is 0. The molecule has 140 valence electrons. The van der Waals surface area contributed by atoms with Gasteiger partial charge in [0.1, 0.15) is 0 Å². The van der Waals surface area contributed by atoms with Crippen molar-refractivity contribution in [2.45, 2.75) is 25.7 Å². The maximum Gasteiger partial charge on any atom is 0.218 e. The summed E-state index contributed by atoms with van der Waals surface area (Å²) in [6.45, 7) is 8.92. The third kappa shape index (κ3) is 11.3. The number of amides is 2. The summed E-state index contributed by atoms with van der Waals surface area (Å²) in [5.41, 5.74) is 10.5. The Morgan fingerprint density at radius 2 is 1.17 bits per heavy atom. The highest BCUT2D eigenvalue weighted by Crippen LogP contribution is 1.99. The van der Waals surface area contributed by atoms with E-state index < -0.39 is 0 Å². The van der Waals surface area contributed by atoms with Gasteiger partial charge in [-0.3, -0.25) is 9.59 Å². The van der Waals surface area contributed by atoms with E-state index in [0.717, 1.165) is 65.2 Å². The van der Waals surface area contributed by atoms with Crippen molar-refractivity contribution in [2.75, 3.05) is 65.4 Å². The molecule has 1 fully saturated rings. The zero-order chi connectivity index (χ0) is 17.6. The van der Waals surface area contributed by atoms with E-state index in [2.05, 4.69) is 20.4 Å². The van der Waals surface area contributed by atoms with E-state index in [4.69, 9.17) is 11.5 Å². The number of rotatable bonds is 6. The first-order chi connectivity index (χ1) is 11.6. The van der Waals surface area contributed by atoms with Gasteiger partial charge in [-0.15, -0.1) is 0 Å². The number of hydrogen-bond donors (Lipinski definition) is 4. The van der Waals surface area contributed by atoms with Crippen molar-refractivity contribution in [1.82, 2.24) is 20.4 Å². The standard InChI is InChI=1S/C16H34N6O2/c17-15(23)3-11-21-9-2-10-22(12-4-16(18)24)14-8-20-6-1-5-19-7-13-21/h19-20H,1-14H2,(H2,17,23)(H2,18,24). The fourth-order valence-corrected chi connectivity index (χ4v) is 2.79. The number of nitrogens with zero attached hydrogens (tertiary/aromatic N) is 2. The van der Waals surface area contributed by atoms with Crippen molar-refractivity contribution in [1.29, 1.82) is 0 Å². The third-order valence-electron chi connectivity index (χ3n) is 4.21. The predicted molar refractivity (Wildman–Crippen MR) is 95.5 cm³/mol. The molecular formula is C16H34N6O2. The van der Waals surface area contributed by atoms with Crippen molar-refractivity contribution < 1.29 is 9.59 Å². The summed E-state index contributed by atoms with van der Waals surface area (Å²) in [7, 11) is 0. The molecule has 0 bridgehead atoms. The molecule has 0 aromatic carbocycles. The fraction of sp³-hybridized carbons (Fsp3) is 0.875. The van der Waals surface area contributed by atoms with Gasteiger partial charge in [0.15, 0.2) is 0 Å². The van der Waals surface area contributed by atoms with Crippen LogP contribution in [-0.2, 0) is 9.59 Å². The zero-order valence-corrected chi connectivity index (χ0v) is 14.8. The molecule has 0 spiro atoms. The van der Waals surface area contributed by atoms with Crippen molar-refractivity contribution in [3.8, 4) is 0 Å². The first-order valence-electron chi connectivity index (χ1n) is 9.00. The molecule has 0 atom stereocenters. The number of carbonyl (C=O) groups is 2. The molecule has 8 nitrogen and oxygen atoms in total. The summed E-state index contributed by atoms with van der Waals surface area (Å²) in [4.78, 5) is 26.6. The predicted octanol–water partition coefficient (Wildman–Crippen LogP) is -1.69. The smallest absolute Gasteiger partial charge is 0.218 e. The van der Waals surface area contributed by atoms with Crippen molar-refractivity contribution in [3.63, 3.8) is 0 Å². The summed E-state index contributed by atoms with van der Waals surface area (Å²) in [6, 6.07) is 0. The number of primary amides is 2. The van der Waals surface area contributed by atoms with E-state index in [1.807, 2.05) is 0 Å². The lowest BCUT2D eigenvalue weighted by Crippen LogP contribution is -2.40. The van der Waals surface area contributed by atoms with Crippen LogP contribution in [0.25, 0.3) is 0 Å². The van der Waals surface area contributed by atoms with E-state index in [9.17, 15) is 9.59 Å². The minimum Gasteiger partial charge on any atom is -0.370 e. The topological polar surface area (TPSA) is 117 Å². The Morgan fingerprint density at radius 3 is 1.58 bits per heavy atom. The van der Waals surface area contributed by atoms with Crippen LogP contribution >= 0.6 is 0 Å². The molecule has 0 aromatic heterocycles. The van der Waals surface area contributed by atoms with Crippen LogP contribution < -0.4 is 22.1 Å². The van der Waals surface area contributed by atoms with Gasteiger partial charge in [-0.2, -0.15) is 0 Å². The lowest BCUT2D eigenvalue weighted by Gasteiger charge is -2.26. The van der Waals surface area contributed by atoms with Crippen molar-refractivity contribution in [2.24, 2.45) is 11.5 Å². The Kier molecular flexibility index (Phi) is 11.4. The van der Waals surface area contributed by atoms with Crippen LogP contribution in [0.3, 0.4) is 0 Å². The van der Waals surface area contributed by atoms with Crippen LogP contribution in [0.5, 0.6) is 0 Å². The number of nitrogens with two attached hydrogens (primary N) is 2. The molecule has 1 saturated heterocycles. The second kappa shape index (κ2) is 13.1. The SMILES string of the molecule is NC(=O)CCN1CCCN(CCC(N)=O)CCNCCCNCC1. The lowest BCUT2D eigenvalue weighted by atomic mass is 10.2. The van der Waals surface area contributed by atoms with Crippen LogP contribution in [0.2, 0.25) is 0 Å². The second-order valence-electron chi connectivity index (χ2n) is 6.32. The maximum atomic E-state index is 11.0. The first kappa shape index (κ1) is 20.8. The largest absolute Gasteiger partial charge is 0.370 e. The minimum absolute atomic E-state index is 0.253. The molecule has 0 radical (unpaired) electrons.